The first-order valence-electron chi connectivity index (χ1n) is 16.1. The Bertz CT molecular complexity index is 1280. The molecule has 2 aliphatic heterocycles. The Morgan fingerprint density at radius 3 is 2.56 bits per heavy atom. The number of nitrogens with zero attached hydrogens (tertiary/aromatic N) is 2. The molecule has 0 saturated carbocycles. The van der Waals surface area contributed by atoms with Gasteiger partial charge in [0.05, 0.1) is 12.5 Å². The monoisotopic (exact) mass is 645 g/mol. The first-order chi connectivity index (χ1) is 21.0. The minimum atomic E-state index is -2.24. The normalized spacial score (nSPS) is 29.4. The zero-order valence-corrected chi connectivity index (χ0v) is 29.4. The van der Waals surface area contributed by atoms with E-state index in [1.54, 1.807) is 6.08 Å². The van der Waals surface area contributed by atoms with Crippen molar-refractivity contribution in [2.45, 2.75) is 117 Å². The Morgan fingerprint density at radius 1 is 1.18 bits per heavy atom. The summed E-state index contributed by atoms with van der Waals surface area (Å²) in [5.41, 5.74) is 0.918. The molecule has 1 N–H and O–H groups in total. The molecule has 0 unspecified atom stereocenters. The Balaban J connectivity index is 1.92. The van der Waals surface area contributed by atoms with Crippen LogP contribution in [0.25, 0.3) is 0 Å². The lowest BCUT2D eigenvalue weighted by molar-refractivity contribution is -0.158. The maximum atomic E-state index is 15.6. The van der Waals surface area contributed by atoms with Gasteiger partial charge < -0.3 is 23.8 Å². The summed E-state index contributed by atoms with van der Waals surface area (Å²) in [7, 11) is -2.24. The van der Waals surface area contributed by atoms with E-state index >= 15 is 4.39 Å². The number of halogens is 1. The standard InChI is InChI=1S/C34H52FN3O6Si/c1-22(2)31-24(4)14-15-29(39)36-16-10-12-23(3)18-26(44-45(8,9)34(5,6)7)19-25(35)20-30-37-27(21-42-30)32(40)38-17-11-13-28(38)33(41)43-31/h10,12,14-15,18,21-22,24-26,28,31H,11,13,16-17,19-20H2,1-9H3,(H,36,39)/b12-10+,15-14+,23-18+/t24-,25-,26+,28+,31-/m0/s1. The first kappa shape index (κ1) is 36.4. The summed E-state index contributed by atoms with van der Waals surface area (Å²) in [6, 6.07) is -0.760. The fourth-order valence-corrected chi connectivity index (χ4v) is 6.63. The summed E-state index contributed by atoms with van der Waals surface area (Å²) < 4.78 is 33.7. The van der Waals surface area contributed by atoms with Crippen LogP contribution < -0.4 is 5.32 Å². The van der Waals surface area contributed by atoms with Gasteiger partial charge in [-0.05, 0) is 49.9 Å². The third-order valence-electron chi connectivity index (χ3n) is 8.90. The van der Waals surface area contributed by atoms with Crippen molar-refractivity contribution in [2.24, 2.45) is 11.8 Å². The van der Waals surface area contributed by atoms with Crippen LogP contribution in [0.4, 0.5) is 4.39 Å². The molecule has 9 nitrogen and oxygen atoms in total. The van der Waals surface area contributed by atoms with Crippen molar-refractivity contribution in [2.75, 3.05) is 13.1 Å². The van der Waals surface area contributed by atoms with Crippen LogP contribution in [0, 0.1) is 11.8 Å². The zero-order chi connectivity index (χ0) is 33.5. The van der Waals surface area contributed by atoms with Gasteiger partial charge in [0.1, 0.15) is 24.6 Å². The number of hydrogen-bond acceptors (Lipinski definition) is 7. The van der Waals surface area contributed by atoms with Gasteiger partial charge in [-0.3, -0.25) is 9.59 Å². The van der Waals surface area contributed by atoms with Gasteiger partial charge in [0.15, 0.2) is 19.9 Å². The van der Waals surface area contributed by atoms with Crippen LogP contribution in [0.1, 0.15) is 84.1 Å². The summed E-state index contributed by atoms with van der Waals surface area (Å²) in [4.78, 5) is 45.1. The lowest BCUT2D eigenvalue weighted by Crippen LogP contribution is -2.44. The van der Waals surface area contributed by atoms with E-state index in [1.165, 1.54) is 17.2 Å². The molecule has 1 aromatic rings. The van der Waals surface area contributed by atoms with E-state index in [0.29, 0.717) is 25.9 Å². The number of cyclic esters (lactones) is 1. The van der Waals surface area contributed by atoms with E-state index in [2.05, 4.69) is 44.2 Å². The van der Waals surface area contributed by atoms with Gasteiger partial charge >= 0.3 is 5.97 Å². The second kappa shape index (κ2) is 15.5. The molecular weight excluding hydrogens is 593 g/mol. The molecule has 2 bridgehead atoms. The van der Waals surface area contributed by atoms with Gasteiger partial charge in [-0.15, -0.1) is 0 Å². The molecule has 1 saturated heterocycles. The summed E-state index contributed by atoms with van der Waals surface area (Å²) in [6.45, 7) is 19.1. The molecule has 0 spiro atoms. The minimum Gasteiger partial charge on any atom is -0.460 e. The van der Waals surface area contributed by atoms with Crippen molar-refractivity contribution in [3.05, 3.63) is 53.8 Å². The second-order valence-corrected chi connectivity index (χ2v) is 18.9. The zero-order valence-electron chi connectivity index (χ0n) is 28.4. The van der Waals surface area contributed by atoms with Crippen LogP contribution in [-0.2, 0) is 25.2 Å². The van der Waals surface area contributed by atoms with E-state index < -0.39 is 44.6 Å². The molecule has 3 heterocycles. The molecule has 5 atom stereocenters. The van der Waals surface area contributed by atoms with Crippen LogP contribution in [0.5, 0.6) is 0 Å². The number of esters is 1. The van der Waals surface area contributed by atoms with E-state index in [4.69, 9.17) is 13.6 Å². The van der Waals surface area contributed by atoms with Gasteiger partial charge in [-0.2, -0.15) is 0 Å². The topological polar surface area (TPSA) is 111 Å². The molecular formula is C34H52FN3O6Si. The number of ether oxygens (including phenoxy) is 1. The van der Waals surface area contributed by atoms with Gasteiger partial charge in [0.2, 0.25) is 5.91 Å². The van der Waals surface area contributed by atoms with Crippen molar-refractivity contribution in [3.63, 3.8) is 0 Å². The maximum Gasteiger partial charge on any atom is 0.329 e. The highest BCUT2D eigenvalue weighted by atomic mass is 28.4. The van der Waals surface area contributed by atoms with Gasteiger partial charge in [0, 0.05) is 25.4 Å². The average Bonchev–Trinajstić information content (AvgIpc) is 3.61. The average molecular weight is 646 g/mol. The number of rotatable bonds is 3. The van der Waals surface area contributed by atoms with Crippen LogP contribution in [-0.4, -0.2) is 73.5 Å². The number of nitrogens with one attached hydrogen (secondary N) is 1. The number of hydrogen-bond donors (Lipinski definition) is 1. The predicted octanol–water partition coefficient (Wildman–Crippen LogP) is 6.33. The molecule has 45 heavy (non-hydrogen) atoms. The van der Waals surface area contributed by atoms with E-state index in [9.17, 15) is 14.4 Å². The Morgan fingerprint density at radius 2 is 1.89 bits per heavy atom. The Labute approximate surface area is 268 Å². The van der Waals surface area contributed by atoms with E-state index in [0.717, 1.165) is 5.57 Å². The molecule has 0 aromatic carbocycles. The molecule has 11 heteroatoms. The second-order valence-electron chi connectivity index (χ2n) is 14.2. The van der Waals surface area contributed by atoms with E-state index in [1.807, 2.05) is 45.9 Å². The number of amides is 2. The summed E-state index contributed by atoms with van der Waals surface area (Å²) in [5.74, 6) is -1.35. The largest absolute Gasteiger partial charge is 0.460 e. The molecule has 2 aliphatic rings. The number of alkyl halides is 1. The van der Waals surface area contributed by atoms with Gasteiger partial charge in [-0.1, -0.05) is 71.4 Å². The fourth-order valence-electron chi connectivity index (χ4n) is 5.36. The number of carbonyl (C=O) groups is 3. The number of oxazole rings is 1. The summed E-state index contributed by atoms with van der Waals surface area (Å²) in [5, 5.41) is 2.77. The van der Waals surface area contributed by atoms with Crippen molar-refractivity contribution in [3.8, 4) is 0 Å². The fraction of sp³-hybridized carbons (Fsp3) is 0.647. The van der Waals surface area contributed by atoms with Gasteiger partial charge in [-0.25, -0.2) is 14.2 Å². The number of fused-ring (bicyclic) bond motifs is 3. The van der Waals surface area contributed by atoms with Crippen molar-refractivity contribution < 1.29 is 32.4 Å². The smallest absolute Gasteiger partial charge is 0.329 e. The lowest BCUT2D eigenvalue weighted by atomic mass is 9.94. The highest BCUT2D eigenvalue weighted by molar-refractivity contribution is 6.74. The molecule has 0 radical (unpaired) electrons. The lowest BCUT2D eigenvalue weighted by Gasteiger charge is -2.39. The SMILES string of the molecule is CC1=C\[C@@H](O[Si](C)(C)C(C)(C)C)C[C@H](F)Cc2nc(co2)C(=O)N2CCC[C@@H]2C(=O)O[C@@H](C(C)C)[C@@H](C)/C=C/C(=O)NC\C=C\1. The van der Waals surface area contributed by atoms with E-state index in [-0.39, 0.29) is 47.2 Å². The molecule has 1 fully saturated rings. The van der Waals surface area contributed by atoms with Crippen molar-refractivity contribution in [1.29, 1.82) is 0 Å². The van der Waals surface area contributed by atoms with Crippen LogP contribution in [0.2, 0.25) is 18.1 Å². The predicted molar refractivity (Wildman–Crippen MR) is 175 cm³/mol. The Hall–Kier alpha value is -3.05. The molecule has 250 valence electrons. The maximum absolute atomic E-state index is 15.6. The highest BCUT2D eigenvalue weighted by Gasteiger charge is 2.40. The van der Waals surface area contributed by atoms with Gasteiger partial charge in [0.25, 0.3) is 5.91 Å². The third kappa shape index (κ3) is 10.2. The number of aromatic nitrogens is 1. The quantitative estimate of drug-likeness (QED) is 0.302. The van der Waals surface area contributed by atoms with Crippen LogP contribution in [0.15, 0.2) is 46.6 Å². The molecule has 3 rings (SSSR count). The van der Waals surface area contributed by atoms with Crippen LogP contribution in [0.3, 0.4) is 0 Å². The van der Waals surface area contributed by atoms with Crippen molar-refractivity contribution in [1.82, 2.24) is 15.2 Å². The molecule has 0 aliphatic carbocycles. The number of carbonyl (C=O) groups excluding carboxylic acids is 3. The molecule has 2 amide bonds. The summed E-state index contributed by atoms with van der Waals surface area (Å²) >= 11 is 0. The number of allylic oxidation sites excluding steroid dienone is 2. The minimum absolute atomic E-state index is 0.0226. The molecule has 1 aromatic heterocycles. The third-order valence-corrected chi connectivity index (χ3v) is 13.4. The highest BCUT2D eigenvalue weighted by Crippen LogP contribution is 2.38. The van der Waals surface area contributed by atoms with Crippen molar-refractivity contribution >= 4 is 26.1 Å². The summed E-state index contributed by atoms with van der Waals surface area (Å²) in [6.07, 6.45) is 8.81. The first-order valence-corrected chi connectivity index (χ1v) is 19.0. The Kier molecular flexibility index (Phi) is 12.5. The van der Waals surface area contributed by atoms with Crippen LogP contribution >= 0.6 is 0 Å².